The van der Waals surface area contributed by atoms with Crippen LogP contribution in [0.25, 0.3) is 0 Å². The van der Waals surface area contributed by atoms with E-state index < -0.39 is 34.1 Å². The number of ether oxygens (including phenoxy) is 3. The molecule has 15 heteroatoms. The number of hydrogen-bond acceptors (Lipinski definition) is 12. The lowest BCUT2D eigenvalue weighted by atomic mass is 9.93. The third kappa shape index (κ3) is 10.6. The number of anilines is 1. The largest absolute Gasteiger partial charge is 0.519 e. The van der Waals surface area contributed by atoms with E-state index in [-0.39, 0.29) is 52.2 Å². The number of esters is 1. The number of thiazole rings is 1. The summed E-state index contributed by atoms with van der Waals surface area (Å²) in [5.41, 5.74) is 2.16. The maximum Gasteiger partial charge on any atom is 0.519 e. The SMILES string of the molecule is Cc1oc(=O)oc1COC(=O)COc1ccc(CCCS(=O)(=O)c2ccc(Cl)cc2)cc1NC(=O)c1cccc(OCc2nc(C(C)(C)C)cs2)c1. The van der Waals surface area contributed by atoms with Crippen molar-refractivity contribution in [1.29, 1.82) is 0 Å². The molecule has 5 aromatic rings. The summed E-state index contributed by atoms with van der Waals surface area (Å²) in [6, 6.07) is 17.6. The average Bonchev–Trinajstić information content (AvgIpc) is 3.72. The minimum absolute atomic E-state index is 0.0706. The molecule has 0 saturated heterocycles. The molecule has 5 rings (SSSR count). The fourth-order valence-electron chi connectivity index (χ4n) is 4.80. The Kier molecular flexibility index (Phi) is 12.2. The predicted molar refractivity (Wildman–Crippen MR) is 195 cm³/mol. The Morgan fingerprint density at radius 3 is 2.44 bits per heavy atom. The fraction of sp³-hybridized carbons (Fsp3) is 0.297. The van der Waals surface area contributed by atoms with Gasteiger partial charge in [0.1, 0.15) is 23.1 Å². The summed E-state index contributed by atoms with van der Waals surface area (Å²) >= 11 is 7.41. The molecule has 0 aliphatic heterocycles. The van der Waals surface area contributed by atoms with Crippen LogP contribution in [0.1, 0.15) is 65.3 Å². The van der Waals surface area contributed by atoms with Gasteiger partial charge in [-0.15, -0.1) is 11.3 Å². The van der Waals surface area contributed by atoms with Crippen LogP contribution in [0.4, 0.5) is 5.69 Å². The van der Waals surface area contributed by atoms with Gasteiger partial charge in [-0.2, -0.15) is 0 Å². The zero-order valence-corrected chi connectivity index (χ0v) is 31.3. The molecule has 0 unspecified atom stereocenters. The second-order valence-electron chi connectivity index (χ2n) is 12.7. The first-order valence-electron chi connectivity index (χ1n) is 16.1. The normalized spacial score (nSPS) is 11.6. The van der Waals surface area contributed by atoms with Gasteiger partial charge in [-0.1, -0.05) is 44.5 Å². The second kappa shape index (κ2) is 16.6. The van der Waals surface area contributed by atoms with Crippen molar-refractivity contribution in [2.24, 2.45) is 0 Å². The van der Waals surface area contributed by atoms with Gasteiger partial charge in [0.15, 0.2) is 34.6 Å². The van der Waals surface area contributed by atoms with Crippen LogP contribution in [0.2, 0.25) is 5.02 Å². The van der Waals surface area contributed by atoms with Crippen LogP contribution >= 0.6 is 22.9 Å². The van der Waals surface area contributed by atoms with Crippen molar-refractivity contribution in [3.05, 3.63) is 121 Å². The van der Waals surface area contributed by atoms with Gasteiger partial charge in [-0.3, -0.25) is 4.79 Å². The highest BCUT2D eigenvalue weighted by atomic mass is 35.5. The van der Waals surface area contributed by atoms with Gasteiger partial charge in [0.25, 0.3) is 5.91 Å². The number of aryl methyl sites for hydroxylation is 2. The third-order valence-corrected chi connectivity index (χ3v) is 10.6. The molecular formula is C37H37ClN2O10S2. The first-order chi connectivity index (χ1) is 24.7. The molecule has 274 valence electrons. The molecule has 0 spiro atoms. The van der Waals surface area contributed by atoms with Crippen molar-refractivity contribution < 1.29 is 41.1 Å². The highest BCUT2D eigenvalue weighted by Gasteiger charge is 2.19. The van der Waals surface area contributed by atoms with Crippen LogP contribution in [0.15, 0.2) is 90.6 Å². The van der Waals surface area contributed by atoms with E-state index in [1.807, 2.05) is 5.38 Å². The molecule has 0 bridgehead atoms. The Balaban J connectivity index is 1.27. The molecule has 12 nitrogen and oxygen atoms in total. The monoisotopic (exact) mass is 768 g/mol. The molecule has 2 heterocycles. The summed E-state index contributed by atoms with van der Waals surface area (Å²) < 4.78 is 52.2. The Morgan fingerprint density at radius 2 is 1.75 bits per heavy atom. The van der Waals surface area contributed by atoms with Crippen molar-refractivity contribution in [3.8, 4) is 11.5 Å². The van der Waals surface area contributed by atoms with Gasteiger partial charge >= 0.3 is 11.8 Å². The van der Waals surface area contributed by atoms with E-state index in [2.05, 4.69) is 31.1 Å². The molecule has 0 radical (unpaired) electrons. The molecule has 0 aliphatic rings. The van der Waals surface area contributed by atoms with E-state index in [1.165, 1.54) is 42.5 Å². The smallest absolute Gasteiger partial charge is 0.486 e. The van der Waals surface area contributed by atoms with E-state index in [4.69, 9.17) is 34.6 Å². The second-order valence-corrected chi connectivity index (χ2v) is 16.2. The highest BCUT2D eigenvalue weighted by molar-refractivity contribution is 7.91. The molecule has 1 N–H and O–H groups in total. The molecule has 0 saturated carbocycles. The molecule has 52 heavy (non-hydrogen) atoms. The van der Waals surface area contributed by atoms with Crippen molar-refractivity contribution in [2.45, 2.75) is 64.1 Å². The summed E-state index contributed by atoms with van der Waals surface area (Å²) in [5.74, 6) is -1.37. The van der Waals surface area contributed by atoms with E-state index >= 15 is 0 Å². The lowest BCUT2D eigenvalue weighted by molar-refractivity contribution is -0.147. The van der Waals surface area contributed by atoms with Crippen molar-refractivity contribution >= 4 is 50.3 Å². The molecular weight excluding hydrogens is 732 g/mol. The number of aromatic nitrogens is 1. The number of hydrogen-bond donors (Lipinski definition) is 1. The maximum absolute atomic E-state index is 13.5. The van der Waals surface area contributed by atoms with Gasteiger partial charge in [-0.05, 0) is 79.9 Å². The standard InChI is InChI=1S/C37H37ClN2O10S2/c1-23-31(50-36(43)49-23)19-48-34(41)21-47-30-15-10-24(7-6-16-52(44,45)28-13-11-26(38)12-14-28)17-29(30)39-35(42)25-8-5-9-27(18-25)46-20-33-40-32(22-51-33)37(2,3)4/h5,8-15,17-18,22H,6-7,16,19-21H2,1-4H3,(H,39,42). The van der Waals surface area contributed by atoms with Gasteiger partial charge in [0.05, 0.1) is 22.0 Å². The number of amides is 1. The zero-order chi connectivity index (χ0) is 37.5. The van der Waals surface area contributed by atoms with Crippen LogP contribution < -0.4 is 20.6 Å². The lowest BCUT2D eigenvalue weighted by Crippen LogP contribution is -2.17. The summed E-state index contributed by atoms with van der Waals surface area (Å²) in [7, 11) is -3.55. The summed E-state index contributed by atoms with van der Waals surface area (Å²) in [4.78, 5) is 42.1. The number of nitrogens with zero attached hydrogens (tertiary/aromatic N) is 1. The summed E-state index contributed by atoms with van der Waals surface area (Å²) in [5, 5.41) is 6.10. The van der Waals surface area contributed by atoms with Crippen LogP contribution in [0.3, 0.4) is 0 Å². The fourth-order valence-corrected chi connectivity index (χ4v) is 7.17. The summed E-state index contributed by atoms with van der Waals surface area (Å²) in [6.07, 6.45) is 0.661. The third-order valence-electron chi connectivity index (χ3n) is 7.67. The number of halogens is 1. The van der Waals surface area contributed by atoms with Gasteiger partial charge in [0.2, 0.25) is 0 Å². The number of sulfone groups is 1. The van der Waals surface area contributed by atoms with Crippen molar-refractivity contribution in [1.82, 2.24) is 4.98 Å². The minimum Gasteiger partial charge on any atom is -0.486 e. The first-order valence-corrected chi connectivity index (χ1v) is 19.1. The van der Waals surface area contributed by atoms with Gasteiger partial charge < -0.3 is 28.4 Å². The minimum atomic E-state index is -3.55. The Labute approximate surface area is 309 Å². The number of benzene rings is 3. The molecule has 3 aromatic carbocycles. The quantitative estimate of drug-likeness (QED) is 0.106. The zero-order valence-electron chi connectivity index (χ0n) is 28.9. The molecule has 2 aromatic heterocycles. The molecule has 0 fully saturated rings. The number of carbonyl (C=O) groups is 2. The first kappa shape index (κ1) is 38.3. The Hall–Kier alpha value is -4.92. The van der Waals surface area contributed by atoms with E-state index in [0.29, 0.717) is 29.2 Å². The van der Waals surface area contributed by atoms with E-state index in [0.717, 1.165) is 16.3 Å². The van der Waals surface area contributed by atoms with Crippen LogP contribution in [0, 0.1) is 6.92 Å². The summed E-state index contributed by atoms with van der Waals surface area (Å²) in [6.45, 7) is 7.14. The van der Waals surface area contributed by atoms with Crippen molar-refractivity contribution in [3.63, 3.8) is 0 Å². The van der Waals surface area contributed by atoms with Crippen LogP contribution in [-0.4, -0.2) is 37.6 Å². The highest BCUT2D eigenvalue weighted by Crippen LogP contribution is 2.29. The van der Waals surface area contributed by atoms with E-state index in [9.17, 15) is 22.8 Å². The molecule has 0 aliphatic carbocycles. The lowest BCUT2D eigenvalue weighted by Gasteiger charge is -2.15. The Bertz CT molecular complexity index is 2200. The van der Waals surface area contributed by atoms with Gasteiger partial charge in [-0.25, -0.2) is 23.0 Å². The number of rotatable bonds is 15. The van der Waals surface area contributed by atoms with Crippen molar-refractivity contribution in [2.75, 3.05) is 17.7 Å². The topological polar surface area (TPSA) is 164 Å². The van der Waals surface area contributed by atoms with Crippen LogP contribution in [-0.2, 0) is 44.4 Å². The molecule has 1 amide bonds. The number of nitrogens with one attached hydrogen (secondary N) is 1. The maximum atomic E-state index is 13.5. The number of carbonyl (C=O) groups excluding carboxylic acids is 2. The Morgan fingerprint density at radius 1 is 0.981 bits per heavy atom. The average molecular weight is 769 g/mol. The van der Waals surface area contributed by atoms with Gasteiger partial charge in [0, 0.05) is 21.4 Å². The molecule has 0 atom stereocenters. The van der Waals surface area contributed by atoms with Crippen LogP contribution in [0.5, 0.6) is 11.5 Å². The van der Waals surface area contributed by atoms with E-state index in [1.54, 1.807) is 42.5 Å². The predicted octanol–water partition coefficient (Wildman–Crippen LogP) is 7.31.